The summed E-state index contributed by atoms with van der Waals surface area (Å²) in [5.41, 5.74) is 0.261. The standard InChI is InChI=1S/C16H24N2O3/c1-11(2)14-10-18(15(19)21-16(3,4)5)9-12-13(20-14)7-6-8-17-12/h6-8,11,14H,9-10H2,1-5H3/t14-/m0/s1. The Labute approximate surface area is 126 Å². The second kappa shape index (κ2) is 5.92. The van der Waals surface area contributed by atoms with Crippen molar-refractivity contribution >= 4 is 6.09 Å². The van der Waals surface area contributed by atoms with Gasteiger partial charge in [-0.15, -0.1) is 0 Å². The van der Waals surface area contributed by atoms with Crippen LogP contribution in [0.25, 0.3) is 0 Å². The van der Waals surface area contributed by atoms with E-state index in [9.17, 15) is 4.79 Å². The van der Waals surface area contributed by atoms with Gasteiger partial charge in [0.15, 0.2) is 0 Å². The van der Waals surface area contributed by atoms with Gasteiger partial charge >= 0.3 is 6.09 Å². The molecule has 2 heterocycles. The molecule has 0 bridgehead atoms. The minimum Gasteiger partial charge on any atom is -0.486 e. The number of aromatic nitrogens is 1. The maximum absolute atomic E-state index is 12.4. The van der Waals surface area contributed by atoms with Crippen molar-refractivity contribution in [2.24, 2.45) is 5.92 Å². The van der Waals surface area contributed by atoms with E-state index in [0.29, 0.717) is 19.0 Å². The Morgan fingerprint density at radius 2 is 2.19 bits per heavy atom. The average molecular weight is 292 g/mol. The number of rotatable bonds is 1. The zero-order valence-corrected chi connectivity index (χ0v) is 13.4. The van der Waals surface area contributed by atoms with E-state index in [1.165, 1.54) is 0 Å². The molecule has 21 heavy (non-hydrogen) atoms. The predicted molar refractivity (Wildman–Crippen MR) is 80.1 cm³/mol. The minimum absolute atomic E-state index is 0.0667. The number of carbonyl (C=O) groups excluding carboxylic acids is 1. The third-order valence-corrected chi connectivity index (χ3v) is 3.26. The SMILES string of the molecule is CC(C)[C@@H]1CN(C(=O)OC(C)(C)C)Cc2ncccc2O1. The Kier molecular flexibility index (Phi) is 4.40. The van der Waals surface area contributed by atoms with E-state index in [4.69, 9.17) is 9.47 Å². The van der Waals surface area contributed by atoms with Crippen LogP contribution in [0.5, 0.6) is 5.75 Å². The molecule has 1 atom stereocenters. The topological polar surface area (TPSA) is 51.7 Å². The van der Waals surface area contributed by atoms with Crippen molar-refractivity contribution in [1.29, 1.82) is 0 Å². The lowest BCUT2D eigenvalue weighted by Gasteiger charge is -2.28. The summed E-state index contributed by atoms with van der Waals surface area (Å²) >= 11 is 0. The van der Waals surface area contributed by atoms with Crippen molar-refractivity contribution in [3.63, 3.8) is 0 Å². The molecule has 1 aliphatic rings. The molecule has 5 heteroatoms. The number of hydrogen-bond acceptors (Lipinski definition) is 4. The second-order valence-corrected chi connectivity index (χ2v) is 6.71. The molecule has 0 aliphatic carbocycles. The summed E-state index contributed by atoms with van der Waals surface area (Å²) in [4.78, 5) is 18.4. The predicted octanol–water partition coefficient (Wildman–Crippen LogP) is 3.24. The van der Waals surface area contributed by atoms with E-state index in [0.717, 1.165) is 11.4 Å². The van der Waals surface area contributed by atoms with Crippen LogP contribution in [-0.4, -0.2) is 34.2 Å². The molecule has 116 valence electrons. The maximum Gasteiger partial charge on any atom is 0.410 e. The fourth-order valence-electron chi connectivity index (χ4n) is 2.12. The third-order valence-electron chi connectivity index (χ3n) is 3.26. The molecule has 0 aromatic carbocycles. The van der Waals surface area contributed by atoms with Gasteiger partial charge in [0, 0.05) is 6.20 Å². The van der Waals surface area contributed by atoms with Crippen molar-refractivity contribution in [2.75, 3.05) is 6.54 Å². The minimum atomic E-state index is -0.509. The number of pyridine rings is 1. The lowest BCUT2D eigenvalue weighted by molar-refractivity contribution is 0.0147. The number of amides is 1. The smallest absolute Gasteiger partial charge is 0.410 e. The van der Waals surface area contributed by atoms with Gasteiger partial charge in [-0.05, 0) is 38.8 Å². The zero-order chi connectivity index (χ0) is 15.6. The van der Waals surface area contributed by atoms with Gasteiger partial charge in [-0.25, -0.2) is 4.79 Å². The van der Waals surface area contributed by atoms with E-state index in [1.54, 1.807) is 11.1 Å². The van der Waals surface area contributed by atoms with Gasteiger partial charge < -0.3 is 9.47 Å². The molecule has 0 saturated carbocycles. The van der Waals surface area contributed by atoms with E-state index in [-0.39, 0.29) is 12.2 Å². The summed E-state index contributed by atoms with van der Waals surface area (Å²) in [5, 5.41) is 0. The lowest BCUT2D eigenvalue weighted by atomic mass is 10.1. The highest BCUT2D eigenvalue weighted by Crippen LogP contribution is 2.26. The third kappa shape index (κ3) is 4.09. The second-order valence-electron chi connectivity index (χ2n) is 6.71. The Morgan fingerprint density at radius 1 is 1.48 bits per heavy atom. The van der Waals surface area contributed by atoms with Crippen molar-refractivity contribution < 1.29 is 14.3 Å². The van der Waals surface area contributed by atoms with E-state index < -0.39 is 5.60 Å². The van der Waals surface area contributed by atoms with Gasteiger partial charge in [0.2, 0.25) is 0 Å². The summed E-state index contributed by atoms with van der Waals surface area (Å²) in [5.74, 6) is 1.04. The van der Waals surface area contributed by atoms with Crippen molar-refractivity contribution in [3.05, 3.63) is 24.0 Å². The lowest BCUT2D eigenvalue weighted by Crippen LogP contribution is -2.42. The first kappa shape index (κ1) is 15.6. The normalized spacial score (nSPS) is 18.8. The Bertz CT molecular complexity index is 508. The summed E-state index contributed by atoms with van der Waals surface area (Å²) in [6.07, 6.45) is 1.32. The summed E-state index contributed by atoms with van der Waals surface area (Å²) in [6.45, 7) is 10.7. The first-order valence-corrected chi connectivity index (χ1v) is 7.35. The molecule has 5 nitrogen and oxygen atoms in total. The van der Waals surface area contributed by atoms with Crippen LogP contribution in [0.4, 0.5) is 4.79 Å². The van der Waals surface area contributed by atoms with Gasteiger partial charge in [0.1, 0.15) is 23.1 Å². The number of carbonyl (C=O) groups is 1. The molecule has 0 N–H and O–H groups in total. The van der Waals surface area contributed by atoms with Crippen LogP contribution in [-0.2, 0) is 11.3 Å². The van der Waals surface area contributed by atoms with Crippen LogP contribution in [0, 0.1) is 5.92 Å². The highest BCUT2D eigenvalue weighted by Gasteiger charge is 2.31. The molecule has 1 aromatic rings. The molecule has 0 fully saturated rings. The highest BCUT2D eigenvalue weighted by molar-refractivity contribution is 5.68. The van der Waals surface area contributed by atoms with Crippen molar-refractivity contribution in [1.82, 2.24) is 9.88 Å². The summed E-state index contributed by atoms with van der Waals surface area (Å²) in [7, 11) is 0. The molecule has 1 aliphatic heterocycles. The van der Waals surface area contributed by atoms with Crippen LogP contribution in [0.2, 0.25) is 0 Å². The molecule has 0 radical (unpaired) electrons. The van der Waals surface area contributed by atoms with Gasteiger partial charge in [-0.1, -0.05) is 13.8 Å². The number of fused-ring (bicyclic) bond motifs is 1. The first-order valence-electron chi connectivity index (χ1n) is 7.35. The van der Waals surface area contributed by atoms with Crippen LogP contribution in [0.1, 0.15) is 40.3 Å². The van der Waals surface area contributed by atoms with Crippen LogP contribution in [0.3, 0.4) is 0 Å². The van der Waals surface area contributed by atoms with E-state index in [1.807, 2.05) is 32.9 Å². The molecule has 0 unspecified atom stereocenters. The first-order chi connectivity index (χ1) is 9.76. The number of hydrogen-bond donors (Lipinski definition) is 0. The quantitative estimate of drug-likeness (QED) is 0.797. The Morgan fingerprint density at radius 3 is 2.81 bits per heavy atom. The van der Waals surface area contributed by atoms with Gasteiger partial charge in [-0.2, -0.15) is 0 Å². The molecular formula is C16H24N2O3. The van der Waals surface area contributed by atoms with Crippen LogP contribution >= 0.6 is 0 Å². The molecular weight excluding hydrogens is 268 g/mol. The molecule has 1 aromatic heterocycles. The molecule has 0 spiro atoms. The van der Waals surface area contributed by atoms with Gasteiger partial charge in [0.05, 0.1) is 13.1 Å². The Hall–Kier alpha value is -1.78. The molecule has 1 amide bonds. The monoisotopic (exact) mass is 292 g/mol. The maximum atomic E-state index is 12.4. The van der Waals surface area contributed by atoms with Crippen molar-refractivity contribution in [2.45, 2.75) is 52.9 Å². The zero-order valence-electron chi connectivity index (χ0n) is 13.4. The largest absolute Gasteiger partial charge is 0.486 e. The van der Waals surface area contributed by atoms with Crippen molar-refractivity contribution in [3.8, 4) is 5.75 Å². The fourth-order valence-corrected chi connectivity index (χ4v) is 2.12. The highest BCUT2D eigenvalue weighted by atomic mass is 16.6. The van der Waals surface area contributed by atoms with Crippen LogP contribution < -0.4 is 4.74 Å². The van der Waals surface area contributed by atoms with Gasteiger partial charge in [-0.3, -0.25) is 9.88 Å². The average Bonchev–Trinajstić information content (AvgIpc) is 2.55. The van der Waals surface area contributed by atoms with E-state index >= 15 is 0 Å². The Balaban J connectivity index is 2.24. The number of ether oxygens (including phenoxy) is 2. The van der Waals surface area contributed by atoms with E-state index in [2.05, 4.69) is 18.8 Å². The molecule has 2 rings (SSSR count). The van der Waals surface area contributed by atoms with Crippen LogP contribution in [0.15, 0.2) is 18.3 Å². The molecule has 0 saturated heterocycles. The summed E-state index contributed by atoms with van der Waals surface area (Å²) in [6, 6.07) is 3.75. The fraction of sp³-hybridized carbons (Fsp3) is 0.625. The summed E-state index contributed by atoms with van der Waals surface area (Å²) < 4.78 is 11.5. The number of nitrogens with zero attached hydrogens (tertiary/aromatic N) is 2. The van der Waals surface area contributed by atoms with Gasteiger partial charge in [0.25, 0.3) is 0 Å².